The van der Waals surface area contributed by atoms with Crippen molar-refractivity contribution in [3.8, 4) is 0 Å². The molecule has 16 heavy (non-hydrogen) atoms. The lowest BCUT2D eigenvalue weighted by molar-refractivity contribution is 0.174. The van der Waals surface area contributed by atoms with E-state index in [1.165, 1.54) is 11.3 Å². The van der Waals surface area contributed by atoms with E-state index in [0.29, 0.717) is 15.8 Å². The molecule has 0 aromatic carbocycles. The maximum absolute atomic E-state index is 9.96. The van der Waals surface area contributed by atoms with Gasteiger partial charge in [0, 0.05) is 25.4 Å². The molecule has 1 unspecified atom stereocenters. The predicted octanol–water partition coefficient (Wildman–Crippen LogP) is 2.29. The van der Waals surface area contributed by atoms with Crippen LogP contribution < -0.4 is 0 Å². The number of aromatic nitrogens is 3. The first-order chi connectivity index (χ1) is 7.70. The van der Waals surface area contributed by atoms with Crippen molar-refractivity contribution in [1.82, 2.24) is 14.5 Å². The van der Waals surface area contributed by atoms with E-state index >= 15 is 0 Å². The molecule has 2 heterocycles. The lowest BCUT2D eigenvalue weighted by Gasteiger charge is -2.08. The van der Waals surface area contributed by atoms with Gasteiger partial charge < -0.3 is 9.67 Å². The highest BCUT2D eigenvalue weighted by molar-refractivity contribution is 7.15. The third-order valence-corrected chi connectivity index (χ3v) is 3.51. The van der Waals surface area contributed by atoms with Gasteiger partial charge in [0.05, 0.1) is 6.20 Å². The van der Waals surface area contributed by atoms with Gasteiger partial charge in [-0.05, 0) is 6.92 Å². The molecule has 1 N–H and O–H groups in total. The molecule has 86 valence electrons. The van der Waals surface area contributed by atoms with Gasteiger partial charge in [0.15, 0.2) is 0 Å². The van der Waals surface area contributed by atoms with Crippen LogP contribution in [0.5, 0.6) is 0 Å². The Morgan fingerprint density at radius 2 is 2.38 bits per heavy atom. The Morgan fingerprint density at radius 1 is 1.56 bits per heavy atom. The fourth-order valence-electron chi connectivity index (χ4n) is 1.50. The number of aryl methyl sites for hydroxylation is 1. The normalized spacial score (nSPS) is 12.9. The monoisotopic (exact) mass is 257 g/mol. The molecule has 0 radical (unpaired) electrons. The minimum Gasteiger partial charge on any atom is -0.385 e. The number of aliphatic hydroxyl groups excluding tert-OH is 1. The van der Waals surface area contributed by atoms with Crippen LogP contribution in [0.2, 0.25) is 4.34 Å². The summed E-state index contributed by atoms with van der Waals surface area (Å²) >= 11 is 7.07. The van der Waals surface area contributed by atoms with Crippen LogP contribution in [0.3, 0.4) is 0 Å². The second kappa shape index (κ2) is 4.95. The third kappa shape index (κ3) is 2.42. The summed E-state index contributed by atoms with van der Waals surface area (Å²) in [5.74, 6) is 0.862. The number of aliphatic hydroxyl groups is 1. The molecule has 4 nitrogen and oxygen atoms in total. The summed E-state index contributed by atoms with van der Waals surface area (Å²) in [5, 5.41) is 10.6. The smallest absolute Gasteiger partial charge is 0.123 e. The zero-order valence-corrected chi connectivity index (χ0v) is 10.4. The first kappa shape index (κ1) is 11.6. The van der Waals surface area contributed by atoms with Crippen molar-refractivity contribution in [2.45, 2.75) is 26.0 Å². The Bertz CT molecular complexity index is 468. The predicted molar refractivity (Wildman–Crippen MR) is 63.7 cm³/mol. The maximum Gasteiger partial charge on any atom is 0.123 e. The molecule has 0 aliphatic rings. The number of nitrogens with zero attached hydrogens (tertiary/aromatic N) is 3. The quantitative estimate of drug-likeness (QED) is 0.914. The molecule has 0 amide bonds. The molecule has 2 aromatic rings. The van der Waals surface area contributed by atoms with Crippen LogP contribution in [0.1, 0.15) is 23.9 Å². The average Bonchev–Trinajstić information content (AvgIpc) is 2.86. The summed E-state index contributed by atoms with van der Waals surface area (Å²) < 4.78 is 2.59. The number of halogens is 1. The number of hydrogen-bond donors (Lipinski definition) is 1. The zero-order chi connectivity index (χ0) is 11.5. The fourth-order valence-corrected chi connectivity index (χ4v) is 2.42. The van der Waals surface area contributed by atoms with Crippen molar-refractivity contribution in [3.63, 3.8) is 0 Å². The Labute approximate surface area is 103 Å². The highest BCUT2D eigenvalue weighted by atomic mass is 35.5. The van der Waals surface area contributed by atoms with E-state index in [-0.39, 0.29) is 0 Å². The van der Waals surface area contributed by atoms with E-state index in [2.05, 4.69) is 9.97 Å². The number of thiazole rings is 1. The molecule has 0 aliphatic heterocycles. The highest BCUT2D eigenvalue weighted by Crippen LogP contribution is 2.25. The van der Waals surface area contributed by atoms with Crippen LogP contribution >= 0.6 is 22.9 Å². The Hall–Kier alpha value is -0.910. The molecule has 6 heteroatoms. The molecular weight excluding hydrogens is 246 g/mol. The van der Waals surface area contributed by atoms with Crippen LogP contribution in [0.25, 0.3) is 0 Å². The van der Waals surface area contributed by atoms with Gasteiger partial charge >= 0.3 is 0 Å². The summed E-state index contributed by atoms with van der Waals surface area (Å²) in [6.45, 7) is 2.89. The number of hydrogen-bond acceptors (Lipinski definition) is 4. The first-order valence-corrected chi connectivity index (χ1v) is 6.19. The molecular formula is C10H12ClN3OS. The second-order valence-corrected chi connectivity index (χ2v) is 5.05. The molecule has 1 atom stereocenters. The maximum atomic E-state index is 9.96. The molecule has 0 fully saturated rings. The van der Waals surface area contributed by atoms with Gasteiger partial charge in [-0.15, -0.1) is 11.3 Å². The number of imidazole rings is 1. The molecule has 0 saturated heterocycles. The SMILES string of the molecule is CCn1ccnc1CC(O)c1ncc(Cl)s1. The lowest BCUT2D eigenvalue weighted by Crippen LogP contribution is -2.07. The molecule has 0 spiro atoms. The summed E-state index contributed by atoms with van der Waals surface area (Å²) in [4.78, 5) is 8.26. The average molecular weight is 258 g/mol. The van der Waals surface area contributed by atoms with Crippen LogP contribution in [0.15, 0.2) is 18.6 Å². The standard InChI is InChI=1S/C10H12ClN3OS/c1-2-14-4-3-12-9(14)5-7(15)10-13-6-8(11)16-10/h3-4,6-7,15H,2,5H2,1H3. The van der Waals surface area contributed by atoms with E-state index in [0.717, 1.165) is 12.4 Å². The Kier molecular flexibility index (Phi) is 3.58. The molecule has 0 bridgehead atoms. The summed E-state index contributed by atoms with van der Waals surface area (Å²) in [6.07, 6.45) is 5.02. The Balaban J connectivity index is 2.10. The zero-order valence-electron chi connectivity index (χ0n) is 8.80. The molecule has 0 saturated carbocycles. The minimum absolute atomic E-state index is 0.463. The second-order valence-electron chi connectivity index (χ2n) is 3.35. The van der Waals surface area contributed by atoms with Crippen molar-refractivity contribution in [2.75, 3.05) is 0 Å². The minimum atomic E-state index is -0.634. The van der Waals surface area contributed by atoms with E-state index < -0.39 is 6.10 Å². The van der Waals surface area contributed by atoms with Gasteiger partial charge in [-0.3, -0.25) is 0 Å². The van der Waals surface area contributed by atoms with Crippen molar-refractivity contribution in [2.24, 2.45) is 0 Å². The van der Waals surface area contributed by atoms with Crippen LogP contribution in [0, 0.1) is 0 Å². The van der Waals surface area contributed by atoms with Crippen molar-refractivity contribution in [1.29, 1.82) is 0 Å². The third-order valence-electron chi connectivity index (χ3n) is 2.30. The summed E-state index contributed by atoms with van der Waals surface area (Å²) in [7, 11) is 0. The van der Waals surface area contributed by atoms with Gasteiger partial charge in [0.25, 0.3) is 0 Å². The van der Waals surface area contributed by atoms with Gasteiger partial charge in [-0.1, -0.05) is 11.6 Å². The fraction of sp³-hybridized carbons (Fsp3) is 0.400. The lowest BCUT2D eigenvalue weighted by atomic mass is 10.2. The van der Waals surface area contributed by atoms with Crippen molar-refractivity contribution < 1.29 is 5.11 Å². The van der Waals surface area contributed by atoms with E-state index in [1.54, 1.807) is 12.4 Å². The number of rotatable bonds is 4. The largest absolute Gasteiger partial charge is 0.385 e. The van der Waals surface area contributed by atoms with E-state index in [9.17, 15) is 5.11 Å². The van der Waals surface area contributed by atoms with E-state index in [1.807, 2.05) is 17.7 Å². The van der Waals surface area contributed by atoms with Crippen LogP contribution in [0.4, 0.5) is 0 Å². The Morgan fingerprint density at radius 3 is 3.00 bits per heavy atom. The molecule has 0 aliphatic carbocycles. The van der Waals surface area contributed by atoms with Crippen molar-refractivity contribution in [3.05, 3.63) is 33.8 Å². The van der Waals surface area contributed by atoms with Gasteiger partial charge in [0.2, 0.25) is 0 Å². The van der Waals surface area contributed by atoms with Gasteiger partial charge in [0.1, 0.15) is 21.3 Å². The van der Waals surface area contributed by atoms with E-state index in [4.69, 9.17) is 11.6 Å². The summed E-state index contributed by atoms with van der Waals surface area (Å²) in [6, 6.07) is 0. The first-order valence-electron chi connectivity index (χ1n) is 5.00. The van der Waals surface area contributed by atoms with Crippen LogP contribution in [-0.2, 0) is 13.0 Å². The van der Waals surface area contributed by atoms with Crippen LogP contribution in [-0.4, -0.2) is 19.6 Å². The van der Waals surface area contributed by atoms with Gasteiger partial charge in [-0.25, -0.2) is 9.97 Å². The van der Waals surface area contributed by atoms with Gasteiger partial charge in [-0.2, -0.15) is 0 Å². The highest BCUT2D eigenvalue weighted by Gasteiger charge is 2.15. The van der Waals surface area contributed by atoms with Crippen molar-refractivity contribution >= 4 is 22.9 Å². The summed E-state index contributed by atoms with van der Waals surface area (Å²) in [5.41, 5.74) is 0. The topological polar surface area (TPSA) is 50.9 Å². The molecule has 2 rings (SSSR count). The molecule has 2 aromatic heterocycles.